The van der Waals surface area contributed by atoms with Gasteiger partial charge in [0, 0.05) is 6.42 Å². The van der Waals surface area contributed by atoms with Crippen molar-refractivity contribution < 1.29 is 5.11 Å². The fraction of sp³-hybridized carbons (Fsp3) is 0.417. The van der Waals surface area contributed by atoms with Crippen LogP contribution in [0.3, 0.4) is 0 Å². The van der Waals surface area contributed by atoms with E-state index in [-0.39, 0.29) is 6.10 Å². The van der Waals surface area contributed by atoms with Gasteiger partial charge in [-0.25, -0.2) is 4.98 Å². The zero-order chi connectivity index (χ0) is 11.4. The van der Waals surface area contributed by atoms with Gasteiger partial charge in [-0.3, -0.25) is 0 Å². The lowest BCUT2D eigenvalue weighted by Gasteiger charge is -2.06. The fourth-order valence-corrected chi connectivity index (χ4v) is 1.76. The Morgan fingerprint density at radius 2 is 2.12 bits per heavy atom. The average molecular weight is 219 g/mol. The third-order valence-corrected chi connectivity index (χ3v) is 2.65. The van der Waals surface area contributed by atoms with Crippen molar-refractivity contribution in [1.82, 2.24) is 9.97 Å². The van der Waals surface area contributed by atoms with Gasteiger partial charge in [0.1, 0.15) is 5.82 Å². The number of para-hydroxylation sites is 2. The Morgan fingerprint density at radius 3 is 2.88 bits per heavy atom. The van der Waals surface area contributed by atoms with E-state index in [9.17, 15) is 5.11 Å². The summed E-state index contributed by atoms with van der Waals surface area (Å²) in [4.78, 5) is 7.69. The minimum atomic E-state index is -0.321. The first-order valence-corrected chi connectivity index (χ1v) is 5.61. The van der Waals surface area contributed by atoms with E-state index in [4.69, 9.17) is 5.73 Å². The van der Waals surface area contributed by atoms with Crippen molar-refractivity contribution in [3.8, 4) is 0 Å². The molecule has 0 aliphatic heterocycles. The molecule has 4 N–H and O–H groups in total. The van der Waals surface area contributed by atoms with Gasteiger partial charge in [0.25, 0.3) is 0 Å². The maximum Gasteiger partial charge on any atom is 0.107 e. The van der Waals surface area contributed by atoms with Crippen molar-refractivity contribution in [1.29, 1.82) is 0 Å². The van der Waals surface area contributed by atoms with E-state index in [0.29, 0.717) is 19.4 Å². The van der Waals surface area contributed by atoms with Crippen molar-refractivity contribution >= 4 is 11.0 Å². The molecule has 0 aliphatic rings. The highest BCUT2D eigenvalue weighted by atomic mass is 16.3. The van der Waals surface area contributed by atoms with Gasteiger partial charge in [-0.15, -0.1) is 0 Å². The number of benzene rings is 1. The number of nitrogens with zero attached hydrogens (tertiary/aromatic N) is 1. The van der Waals surface area contributed by atoms with Gasteiger partial charge in [0.05, 0.1) is 17.1 Å². The molecule has 1 atom stereocenters. The smallest absolute Gasteiger partial charge is 0.107 e. The largest absolute Gasteiger partial charge is 0.393 e. The van der Waals surface area contributed by atoms with Crippen LogP contribution in [0, 0.1) is 0 Å². The van der Waals surface area contributed by atoms with E-state index in [1.807, 2.05) is 24.3 Å². The topological polar surface area (TPSA) is 74.9 Å². The molecule has 2 rings (SSSR count). The molecular weight excluding hydrogens is 202 g/mol. The lowest BCUT2D eigenvalue weighted by Crippen LogP contribution is -2.14. The predicted octanol–water partition coefficient (Wildman–Crippen LogP) is 1.21. The summed E-state index contributed by atoms with van der Waals surface area (Å²) in [5.41, 5.74) is 7.40. The molecule has 1 aromatic heterocycles. The lowest BCUT2D eigenvalue weighted by atomic mass is 10.1. The first kappa shape index (κ1) is 11.1. The van der Waals surface area contributed by atoms with E-state index in [1.54, 1.807) is 0 Å². The Labute approximate surface area is 94.5 Å². The molecule has 0 aliphatic carbocycles. The number of nitrogens with two attached hydrogens (primary N) is 1. The molecule has 4 heteroatoms. The van der Waals surface area contributed by atoms with E-state index in [2.05, 4.69) is 9.97 Å². The zero-order valence-corrected chi connectivity index (χ0v) is 9.19. The Balaban J connectivity index is 1.99. The van der Waals surface area contributed by atoms with Gasteiger partial charge in [0.15, 0.2) is 0 Å². The average Bonchev–Trinajstić information content (AvgIpc) is 2.69. The Morgan fingerprint density at radius 1 is 1.31 bits per heavy atom. The van der Waals surface area contributed by atoms with Crippen LogP contribution in [-0.2, 0) is 6.42 Å². The first-order chi connectivity index (χ1) is 7.79. The molecule has 0 fully saturated rings. The van der Waals surface area contributed by atoms with Crippen LogP contribution >= 0.6 is 0 Å². The van der Waals surface area contributed by atoms with Crippen molar-refractivity contribution in [2.24, 2.45) is 5.73 Å². The van der Waals surface area contributed by atoms with Gasteiger partial charge in [0.2, 0.25) is 0 Å². The maximum atomic E-state index is 9.56. The summed E-state index contributed by atoms with van der Waals surface area (Å²) in [6.45, 7) is 0.529. The summed E-state index contributed by atoms with van der Waals surface area (Å²) in [5.74, 6) is 0.928. The number of aromatic nitrogens is 2. The molecule has 2 aromatic rings. The third-order valence-electron chi connectivity index (χ3n) is 2.65. The predicted molar refractivity (Wildman–Crippen MR) is 64.1 cm³/mol. The number of rotatable bonds is 5. The summed E-state index contributed by atoms with van der Waals surface area (Å²) in [7, 11) is 0. The lowest BCUT2D eigenvalue weighted by molar-refractivity contribution is 0.157. The quantitative estimate of drug-likeness (QED) is 0.707. The number of aromatic amines is 1. The van der Waals surface area contributed by atoms with Gasteiger partial charge in [-0.2, -0.15) is 0 Å². The molecule has 0 radical (unpaired) electrons. The SMILES string of the molecule is NCC[C@@H](O)CCc1nc2ccccc2[nH]1. The number of aliphatic hydroxyl groups is 1. The number of aryl methyl sites for hydroxylation is 1. The molecule has 0 bridgehead atoms. The number of H-pyrrole nitrogens is 1. The van der Waals surface area contributed by atoms with E-state index < -0.39 is 0 Å². The molecule has 1 heterocycles. The second kappa shape index (κ2) is 5.09. The Bertz CT molecular complexity index is 419. The standard InChI is InChI=1S/C12H17N3O/c13-8-7-9(16)5-6-12-14-10-3-1-2-4-11(10)15-12/h1-4,9,16H,5-8,13H2,(H,14,15)/t9-/m0/s1. The highest BCUT2D eigenvalue weighted by Gasteiger charge is 2.06. The van der Waals surface area contributed by atoms with Crippen LogP contribution in [0.1, 0.15) is 18.7 Å². The van der Waals surface area contributed by atoms with Crippen LogP contribution in [-0.4, -0.2) is 27.7 Å². The normalized spacial score (nSPS) is 13.1. The number of nitrogens with one attached hydrogen (secondary N) is 1. The van der Waals surface area contributed by atoms with Crippen molar-refractivity contribution in [2.75, 3.05) is 6.54 Å². The summed E-state index contributed by atoms with van der Waals surface area (Å²) in [6, 6.07) is 7.93. The summed E-state index contributed by atoms with van der Waals surface area (Å²) in [5, 5.41) is 9.56. The molecule has 0 spiro atoms. The minimum Gasteiger partial charge on any atom is -0.393 e. The van der Waals surface area contributed by atoms with E-state index >= 15 is 0 Å². The van der Waals surface area contributed by atoms with Crippen molar-refractivity contribution in [2.45, 2.75) is 25.4 Å². The van der Waals surface area contributed by atoms with Crippen LogP contribution in [0.4, 0.5) is 0 Å². The molecule has 1 aromatic carbocycles. The molecule has 0 saturated carbocycles. The van der Waals surface area contributed by atoms with Gasteiger partial charge < -0.3 is 15.8 Å². The van der Waals surface area contributed by atoms with E-state index in [1.165, 1.54) is 0 Å². The van der Waals surface area contributed by atoms with Gasteiger partial charge in [-0.1, -0.05) is 12.1 Å². The first-order valence-electron chi connectivity index (χ1n) is 5.61. The molecule has 86 valence electrons. The molecule has 4 nitrogen and oxygen atoms in total. The van der Waals surface area contributed by atoms with Crippen LogP contribution in [0.5, 0.6) is 0 Å². The van der Waals surface area contributed by atoms with Gasteiger partial charge >= 0.3 is 0 Å². The van der Waals surface area contributed by atoms with Gasteiger partial charge in [-0.05, 0) is 31.5 Å². The van der Waals surface area contributed by atoms with Crippen molar-refractivity contribution in [3.05, 3.63) is 30.1 Å². The number of hydrogen-bond acceptors (Lipinski definition) is 3. The van der Waals surface area contributed by atoms with Crippen LogP contribution in [0.2, 0.25) is 0 Å². The molecule has 16 heavy (non-hydrogen) atoms. The summed E-state index contributed by atoms with van der Waals surface area (Å²) in [6.07, 6.45) is 1.80. The van der Waals surface area contributed by atoms with Crippen LogP contribution < -0.4 is 5.73 Å². The Hall–Kier alpha value is -1.39. The monoisotopic (exact) mass is 219 g/mol. The van der Waals surface area contributed by atoms with Crippen molar-refractivity contribution in [3.63, 3.8) is 0 Å². The second-order valence-corrected chi connectivity index (χ2v) is 3.97. The zero-order valence-electron chi connectivity index (χ0n) is 9.19. The maximum absolute atomic E-state index is 9.56. The Kier molecular flexibility index (Phi) is 3.54. The summed E-state index contributed by atoms with van der Waals surface area (Å²) < 4.78 is 0. The van der Waals surface area contributed by atoms with E-state index in [0.717, 1.165) is 23.3 Å². The second-order valence-electron chi connectivity index (χ2n) is 3.97. The number of aliphatic hydroxyl groups excluding tert-OH is 1. The number of imidazole rings is 1. The highest BCUT2D eigenvalue weighted by molar-refractivity contribution is 5.74. The third kappa shape index (κ3) is 2.59. The number of hydrogen-bond donors (Lipinski definition) is 3. The van der Waals surface area contributed by atoms with Crippen LogP contribution in [0.25, 0.3) is 11.0 Å². The minimum absolute atomic E-state index is 0.321. The highest BCUT2D eigenvalue weighted by Crippen LogP contribution is 2.12. The molecule has 0 saturated heterocycles. The summed E-state index contributed by atoms with van der Waals surface area (Å²) >= 11 is 0. The molecule has 0 amide bonds. The fourth-order valence-electron chi connectivity index (χ4n) is 1.76. The molecule has 0 unspecified atom stereocenters. The van der Waals surface area contributed by atoms with Crippen LogP contribution in [0.15, 0.2) is 24.3 Å². The molecular formula is C12H17N3O. The number of fused-ring (bicyclic) bond motifs is 1.